The van der Waals surface area contributed by atoms with Gasteiger partial charge in [0.2, 0.25) is 0 Å². The fourth-order valence-electron chi connectivity index (χ4n) is 2.68. The van der Waals surface area contributed by atoms with Crippen LogP contribution in [-0.4, -0.2) is 15.6 Å². The van der Waals surface area contributed by atoms with E-state index < -0.39 is 11.8 Å². The molecule has 2 aromatic carbocycles. The van der Waals surface area contributed by atoms with Gasteiger partial charge in [-0.3, -0.25) is 4.79 Å². The van der Waals surface area contributed by atoms with Crippen molar-refractivity contribution < 1.29 is 14.3 Å². The Morgan fingerprint density at radius 3 is 2.43 bits per heavy atom. The minimum Gasteiger partial charge on any atom is -0.478 e. The maximum Gasteiger partial charge on any atom is 0.338 e. The van der Waals surface area contributed by atoms with Crippen molar-refractivity contribution in [1.82, 2.24) is 4.57 Å². The van der Waals surface area contributed by atoms with Gasteiger partial charge in [-0.05, 0) is 24.3 Å². The van der Waals surface area contributed by atoms with Crippen molar-refractivity contribution in [1.29, 1.82) is 0 Å². The molecule has 0 amide bonds. The summed E-state index contributed by atoms with van der Waals surface area (Å²) in [6, 6.07) is 10.1. The lowest BCUT2D eigenvalue weighted by molar-refractivity contribution is 0.0699. The number of aromatic nitrogens is 1. The fourth-order valence-corrected chi connectivity index (χ4v) is 2.94. The summed E-state index contributed by atoms with van der Waals surface area (Å²) in [6.45, 7) is 0. The first-order valence-electron chi connectivity index (χ1n) is 6.72. The van der Waals surface area contributed by atoms with Crippen LogP contribution in [-0.2, 0) is 7.05 Å². The average Bonchev–Trinajstić information content (AvgIpc) is 2.51. The van der Waals surface area contributed by atoms with Crippen molar-refractivity contribution in [3.8, 4) is 11.3 Å². The van der Waals surface area contributed by atoms with Gasteiger partial charge in [-0.2, -0.15) is 0 Å². The summed E-state index contributed by atoms with van der Waals surface area (Å²) in [5.74, 6) is -1.73. The van der Waals surface area contributed by atoms with E-state index in [-0.39, 0.29) is 27.4 Å². The highest BCUT2D eigenvalue weighted by atomic mass is 35.5. The second kappa shape index (κ2) is 5.52. The topological polar surface area (TPSA) is 59.3 Å². The van der Waals surface area contributed by atoms with Crippen molar-refractivity contribution in [3.05, 3.63) is 69.2 Å². The quantitative estimate of drug-likeness (QED) is 0.779. The third-order valence-electron chi connectivity index (χ3n) is 3.70. The molecule has 1 aromatic heterocycles. The number of hydrogen-bond acceptors (Lipinski definition) is 2. The maximum atomic E-state index is 13.3. The van der Waals surface area contributed by atoms with Gasteiger partial charge < -0.3 is 9.67 Å². The molecule has 0 unspecified atom stereocenters. The molecule has 0 aliphatic carbocycles. The molecule has 4 nitrogen and oxygen atoms in total. The number of halogens is 2. The summed E-state index contributed by atoms with van der Waals surface area (Å²) < 4.78 is 14.5. The van der Waals surface area contributed by atoms with Crippen LogP contribution in [0, 0.1) is 5.82 Å². The Morgan fingerprint density at radius 1 is 1.17 bits per heavy atom. The number of fused-ring (bicyclic) bond motifs is 1. The third kappa shape index (κ3) is 2.39. The van der Waals surface area contributed by atoms with Crippen LogP contribution >= 0.6 is 11.6 Å². The van der Waals surface area contributed by atoms with Crippen molar-refractivity contribution in [2.75, 3.05) is 0 Å². The summed E-state index contributed by atoms with van der Waals surface area (Å²) in [4.78, 5) is 24.3. The Labute approximate surface area is 135 Å². The van der Waals surface area contributed by atoms with Gasteiger partial charge in [-0.15, -0.1) is 0 Å². The molecule has 0 saturated carbocycles. The largest absolute Gasteiger partial charge is 0.478 e. The van der Waals surface area contributed by atoms with Crippen LogP contribution in [0.15, 0.2) is 47.3 Å². The van der Waals surface area contributed by atoms with Crippen molar-refractivity contribution in [2.24, 2.45) is 7.05 Å². The number of aromatic carboxylic acids is 1. The Morgan fingerprint density at radius 2 is 1.83 bits per heavy atom. The second-order valence-corrected chi connectivity index (χ2v) is 5.47. The zero-order valence-corrected chi connectivity index (χ0v) is 12.8. The lowest BCUT2D eigenvalue weighted by Gasteiger charge is -2.16. The molecule has 1 N–H and O–H groups in total. The molecule has 0 spiro atoms. The fraction of sp³-hybridized carbons (Fsp3) is 0.0588. The summed E-state index contributed by atoms with van der Waals surface area (Å²) >= 11 is 6.07. The first-order chi connectivity index (χ1) is 10.9. The normalized spacial score (nSPS) is 10.9. The molecule has 0 atom stereocenters. The lowest BCUT2D eigenvalue weighted by atomic mass is 9.99. The minimum absolute atomic E-state index is 0.0396. The zero-order valence-electron chi connectivity index (χ0n) is 12.0. The van der Waals surface area contributed by atoms with E-state index in [2.05, 4.69) is 0 Å². The monoisotopic (exact) mass is 331 g/mol. The molecular weight excluding hydrogens is 321 g/mol. The van der Waals surface area contributed by atoms with Crippen LogP contribution in [0.2, 0.25) is 5.02 Å². The zero-order chi connectivity index (χ0) is 16.7. The molecule has 116 valence electrons. The van der Waals surface area contributed by atoms with E-state index in [1.54, 1.807) is 24.3 Å². The molecule has 1 heterocycles. The van der Waals surface area contributed by atoms with Gasteiger partial charge in [-0.25, -0.2) is 9.18 Å². The maximum absolute atomic E-state index is 13.3. The molecule has 23 heavy (non-hydrogen) atoms. The van der Waals surface area contributed by atoms with Gasteiger partial charge in [0.25, 0.3) is 5.56 Å². The highest BCUT2D eigenvalue weighted by molar-refractivity contribution is 6.33. The first kappa shape index (κ1) is 15.2. The molecule has 0 fully saturated rings. The van der Waals surface area contributed by atoms with E-state index >= 15 is 0 Å². The van der Waals surface area contributed by atoms with E-state index in [1.165, 1.54) is 23.7 Å². The number of carbonyl (C=O) groups is 1. The van der Waals surface area contributed by atoms with Gasteiger partial charge >= 0.3 is 5.97 Å². The second-order valence-electron chi connectivity index (χ2n) is 5.06. The van der Waals surface area contributed by atoms with Crippen LogP contribution in [0.25, 0.3) is 22.0 Å². The molecule has 0 radical (unpaired) electrons. The molecule has 0 aliphatic rings. The van der Waals surface area contributed by atoms with Crippen LogP contribution in [0.1, 0.15) is 10.4 Å². The Balaban J connectivity index is 2.54. The molecule has 0 aliphatic heterocycles. The molecular formula is C17H11ClFNO3. The lowest BCUT2D eigenvalue weighted by Crippen LogP contribution is -2.22. The summed E-state index contributed by atoms with van der Waals surface area (Å²) in [5.41, 5.74) is 0.0409. The number of carboxylic acids is 1. The SMILES string of the molecule is Cn1c(-c2ccc(F)cc2Cl)c(C(=O)O)c2ccccc2c1=O. The predicted octanol–water partition coefficient (Wildman–Crippen LogP) is 3.70. The Bertz CT molecular complexity index is 1010. The van der Waals surface area contributed by atoms with Crippen molar-refractivity contribution in [2.45, 2.75) is 0 Å². The van der Waals surface area contributed by atoms with Gasteiger partial charge in [0.15, 0.2) is 0 Å². The van der Waals surface area contributed by atoms with E-state index in [9.17, 15) is 19.1 Å². The molecule has 6 heteroatoms. The number of nitrogens with zero attached hydrogens (tertiary/aromatic N) is 1. The van der Waals surface area contributed by atoms with Crippen LogP contribution < -0.4 is 5.56 Å². The molecule has 3 aromatic rings. The first-order valence-corrected chi connectivity index (χ1v) is 7.10. The summed E-state index contributed by atoms with van der Waals surface area (Å²) in [6.07, 6.45) is 0. The molecule has 0 bridgehead atoms. The Kier molecular flexibility index (Phi) is 3.66. The smallest absolute Gasteiger partial charge is 0.338 e. The highest BCUT2D eigenvalue weighted by Crippen LogP contribution is 2.33. The number of hydrogen-bond donors (Lipinski definition) is 1. The van der Waals surface area contributed by atoms with E-state index in [0.29, 0.717) is 10.8 Å². The number of pyridine rings is 1. The highest BCUT2D eigenvalue weighted by Gasteiger charge is 2.22. The number of benzene rings is 2. The Hall–Kier alpha value is -2.66. The summed E-state index contributed by atoms with van der Waals surface area (Å²) in [7, 11) is 1.47. The van der Waals surface area contributed by atoms with E-state index in [1.807, 2.05) is 0 Å². The summed E-state index contributed by atoms with van der Waals surface area (Å²) in [5, 5.41) is 10.3. The number of rotatable bonds is 2. The number of carboxylic acid groups (broad SMARTS) is 1. The van der Waals surface area contributed by atoms with Gasteiger partial charge in [-0.1, -0.05) is 29.8 Å². The van der Waals surface area contributed by atoms with Crippen LogP contribution in [0.3, 0.4) is 0 Å². The van der Waals surface area contributed by atoms with Crippen LogP contribution in [0.5, 0.6) is 0 Å². The standard InChI is InChI=1S/C17H11ClFNO3/c1-20-15(12-7-6-9(19)8-13(12)18)14(17(22)23)10-4-2-3-5-11(10)16(20)21/h2-8H,1H3,(H,22,23). The van der Waals surface area contributed by atoms with E-state index in [4.69, 9.17) is 11.6 Å². The third-order valence-corrected chi connectivity index (χ3v) is 4.02. The van der Waals surface area contributed by atoms with Gasteiger partial charge in [0, 0.05) is 23.4 Å². The predicted molar refractivity (Wildman–Crippen MR) is 86.6 cm³/mol. The van der Waals surface area contributed by atoms with E-state index in [0.717, 1.165) is 6.07 Å². The van der Waals surface area contributed by atoms with Gasteiger partial charge in [0.05, 0.1) is 16.3 Å². The average molecular weight is 332 g/mol. The van der Waals surface area contributed by atoms with Crippen molar-refractivity contribution in [3.63, 3.8) is 0 Å². The molecule has 0 saturated heterocycles. The minimum atomic E-state index is -1.19. The van der Waals surface area contributed by atoms with Crippen molar-refractivity contribution >= 4 is 28.3 Å². The molecule has 3 rings (SSSR count). The van der Waals surface area contributed by atoms with Gasteiger partial charge in [0.1, 0.15) is 5.82 Å². The van der Waals surface area contributed by atoms with Crippen LogP contribution in [0.4, 0.5) is 4.39 Å².